The quantitative estimate of drug-likeness (QED) is 0.499. The Labute approximate surface area is 48.8 Å². The van der Waals surface area contributed by atoms with Crippen LogP contribution in [-0.4, -0.2) is 19.0 Å². The summed E-state index contributed by atoms with van der Waals surface area (Å²) in [5.41, 5.74) is -0.139. The highest BCUT2D eigenvalue weighted by atomic mass is 16.5. The van der Waals surface area contributed by atoms with E-state index in [9.17, 15) is 4.79 Å². The standard InChI is InChI=1S/C6H10O2/c1-5(7)6(2)3-8-4-6/h3-4H2,1-2H3. The number of hydrogen-bond acceptors (Lipinski definition) is 2. The van der Waals surface area contributed by atoms with Gasteiger partial charge in [0.25, 0.3) is 0 Å². The van der Waals surface area contributed by atoms with Crippen LogP contribution in [0.3, 0.4) is 0 Å². The molecule has 0 bridgehead atoms. The lowest BCUT2D eigenvalue weighted by Gasteiger charge is -2.35. The molecule has 0 spiro atoms. The second kappa shape index (κ2) is 1.55. The first-order valence-corrected chi connectivity index (χ1v) is 2.74. The van der Waals surface area contributed by atoms with Gasteiger partial charge < -0.3 is 4.74 Å². The van der Waals surface area contributed by atoms with Gasteiger partial charge in [-0.2, -0.15) is 0 Å². The van der Waals surface area contributed by atoms with Gasteiger partial charge in [0.1, 0.15) is 5.78 Å². The maximum atomic E-state index is 10.7. The lowest BCUT2D eigenvalue weighted by molar-refractivity contribution is -0.152. The van der Waals surface area contributed by atoms with E-state index < -0.39 is 0 Å². The number of rotatable bonds is 1. The monoisotopic (exact) mass is 114 g/mol. The minimum Gasteiger partial charge on any atom is -0.379 e. The lowest BCUT2D eigenvalue weighted by atomic mass is 9.85. The zero-order chi connectivity index (χ0) is 6.20. The minimum atomic E-state index is -0.139. The molecule has 0 aromatic heterocycles. The van der Waals surface area contributed by atoms with Gasteiger partial charge in [0.2, 0.25) is 0 Å². The molecule has 1 heterocycles. The summed E-state index contributed by atoms with van der Waals surface area (Å²) < 4.78 is 4.88. The van der Waals surface area contributed by atoms with Crippen LogP contribution in [0.5, 0.6) is 0 Å². The zero-order valence-electron chi connectivity index (χ0n) is 5.23. The Morgan fingerprint density at radius 3 is 2.12 bits per heavy atom. The van der Waals surface area contributed by atoms with Crippen molar-refractivity contribution in [3.05, 3.63) is 0 Å². The van der Waals surface area contributed by atoms with Gasteiger partial charge in [-0.25, -0.2) is 0 Å². The van der Waals surface area contributed by atoms with Crippen LogP contribution < -0.4 is 0 Å². The molecule has 0 radical (unpaired) electrons. The molecule has 2 nitrogen and oxygen atoms in total. The fourth-order valence-corrected chi connectivity index (χ4v) is 0.612. The third-order valence-corrected chi connectivity index (χ3v) is 1.69. The van der Waals surface area contributed by atoms with E-state index in [0.717, 1.165) is 0 Å². The molecule has 0 amide bonds. The van der Waals surface area contributed by atoms with Crippen LogP contribution in [0, 0.1) is 5.41 Å². The van der Waals surface area contributed by atoms with Gasteiger partial charge >= 0.3 is 0 Å². The Morgan fingerprint density at radius 1 is 1.62 bits per heavy atom. The highest BCUT2D eigenvalue weighted by molar-refractivity contribution is 5.82. The molecular weight excluding hydrogens is 104 g/mol. The molecule has 0 aromatic rings. The first kappa shape index (κ1) is 5.76. The summed E-state index contributed by atoms with van der Waals surface area (Å²) in [4.78, 5) is 10.7. The van der Waals surface area contributed by atoms with Crippen molar-refractivity contribution >= 4 is 5.78 Å². The van der Waals surface area contributed by atoms with Gasteiger partial charge in [-0.05, 0) is 13.8 Å². The van der Waals surface area contributed by atoms with Gasteiger partial charge in [-0.15, -0.1) is 0 Å². The van der Waals surface area contributed by atoms with E-state index in [0.29, 0.717) is 13.2 Å². The normalized spacial score (nSPS) is 24.2. The summed E-state index contributed by atoms with van der Waals surface area (Å²) >= 11 is 0. The smallest absolute Gasteiger partial charge is 0.140 e. The summed E-state index contributed by atoms with van der Waals surface area (Å²) in [5, 5.41) is 0. The average molecular weight is 114 g/mol. The van der Waals surface area contributed by atoms with Crippen LogP contribution in [0.4, 0.5) is 0 Å². The predicted octanol–water partition coefficient (Wildman–Crippen LogP) is 0.612. The molecule has 0 aliphatic carbocycles. The topological polar surface area (TPSA) is 26.3 Å². The van der Waals surface area contributed by atoms with Crippen LogP contribution in [0.2, 0.25) is 0 Å². The first-order chi connectivity index (χ1) is 3.65. The van der Waals surface area contributed by atoms with E-state index >= 15 is 0 Å². The van der Waals surface area contributed by atoms with Crippen LogP contribution in [0.25, 0.3) is 0 Å². The van der Waals surface area contributed by atoms with Crippen LogP contribution in [0.15, 0.2) is 0 Å². The number of carbonyl (C=O) groups is 1. The third-order valence-electron chi connectivity index (χ3n) is 1.69. The van der Waals surface area contributed by atoms with Crippen LogP contribution >= 0.6 is 0 Å². The van der Waals surface area contributed by atoms with E-state index in [1.54, 1.807) is 6.92 Å². The molecule has 1 aliphatic heterocycles. The fourth-order valence-electron chi connectivity index (χ4n) is 0.612. The van der Waals surface area contributed by atoms with Crippen molar-refractivity contribution in [3.63, 3.8) is 0 Å². The van der Waals surface area contributed by atoms with Crippen molar-refractivity contribution in [1.29, 1.82) is 0 Å². The van der Waals surface area contributed by atoms with E-state index in [1.807, 2.05) is 6.92 Å². The molecule has 1 fully saturated rings. The minimum absolute atomic E-state index is 0.139. The highest BCUT2D eigenvalue weighted by Gasteiger charge is 2.37. The van der Waals surface area contributed by atoms with Crippen LogP contribution in [0.1, 0.15) is 13.8 Å². The van der Waals surface area contributed by atoms with Gasteiger partial charge in [-0.1, -0.05) is 0 Å². The zero-order valence-corrected chi connectivity index (χ0v) is 5.23. The van der Waals surface area contributed by atoms with E-state index in [1.165, 1.54) is 0 Å². The molecule has 0 atom stereocenters. The lowest BCUT2D eigenvalue weighted by Crippen LogP contribution is -2.45. The largest absolute Gasteiger partial charge is 0.379 e. The molecule has 8 heavy (non-hydrogen) atoms. The second-order valence-corrected chi connectivity index (χ2v) is 2.61. The molecule has 1 aliphatic rings. The maximum Gasteiger partial charge on any atom is 0.140 e. The van der Waals surface area contributed by atoms with Crippen molar-refractivity contribution in [3.8, 4) is 0 Å². The van der Waals surface area contributed by atoms with Gasteiger partial charge in [0, 0.05) is 0 Å². The van der Waals surface area contributed by atoms with E-state index in [2.05, 4.69) is 0 Å². The van der Waals surface area contributed by atoms with Crippen molar-refractivity contribution in [1.82, 2.24) is 0 Å². The molecule has 46 valence electrons. The Balaban J connectivity index is 2.53. The number of ether oxygens (including phenoxy) is 1. The fraction of sp³-hybridized carbons (Fsp3) is 0.833. The summed E-state index contributed by atoms with van der Waals surface area (Å²) in [5.74, 6) is 0.240. The van der Waals surface area contributed by atoms with E-state index in [4.69, 9.17) is 4.74 Å². The number of hydrogen-bond donors (Lipinski definition) is 0. The Hall–Kier alpha value is -0.370. The van der Waals surface area contributed by atoms with Crippen LogP contribution in [-0.2, 0) is 9.53 Å². The van der Waals surface area contributed by atoms with Crippen molar-refractivity contribution in [2.75, 3.05) is 13.2 Å². The molecule has 0 N–H and O–H groups in total. The van der Waals surface area contributed by atoms with Crippen molar-refractivity contribution in [2.24, 2.45) is 5.41 Å². The van der Waals surface area contributed by atoms with Gasteiger partial charge in [0.05, 0.1) is 18.6 Å². The van der Waals surface area contributed by atoms with Gasteiger partial charge in [-0.3, -0.25) is 4.79 Å². The first-order valence-electron chi connectivity index (χ1n) is 2.74. The molecule has 1 rings (SSSR count). The second-order valence-electron chi connectivity index (χ2n) is 2.61. The number of Topliss-reactive ketones (excluding diaryl/α,β-unsaturated/α-hetero) is 1. The average Bonchev–Trinajstić information content (AvgIpc) is 1.60. The van der Waals surface area contributed by atoms with Gasteiger partial charge in [0.15, 0.2) is 0 Å². The Morgan fingerprint density at radius 2 is 2.12 bits per heavy atom. The molecule has 0 aromatic carbocycles. The van der Waals surface area contributed by atoms with E-state index in [-0.39, 0.29) is 11.2 Å². The SMILES string of the molecule is CC(=O)C1(C)COC1. The summed E-state index contributed by atoms with van der Waals surface area (Å²) in [6.45, 7) is 4.77. The summed E-state index contributed by atoms with van der Waals surface area (Å²) in [6.07, 6.45) is 0. The Kier molecular flexibility index (Phi) is 1.12. The predicted molar refractivity (Wildman–Crippen MR) is 29.6 cm³/mol. The molecule has 1 saturated heterocycles. The molecule has 2 heteroatoms. The Bertz CT molecular complexity index is 114. The van der Waals surface area contributed by atoms with Crippen molar-refractivity contribution < 1.29 is 9.53 Å². The maximum absolute atomic E-state index is 10.7. The van der Waals surface area contributed by atoms with Crippen molar-refractivity contribution in [2.45, 2.75) is 13.8 Å². The number of carbonyl (C=O) groups excluding carboxylic acids is 1. The molecular formula is C6H10O2. The summed E-state index contributed by atoms with van der Waals surface area (Å²) in [6, 6.07) is 0. The molecule has 0 unspecified atom stereocenters. The molecule has 0 saturated carbocycles. The summed E-state index contributed by atoms with van der Waals surface area (Å²) in [7, 11) is 0. The highest BCUT2D eigenvalue weighted by Crippen LogP contribution is 2.26. The third kappa shape index (κ3) is 0.650. The number of ketones is 1.